The highest BCUT2D eigenvalue weighted by molar-refractivity contribution is 6.13. The zero-order chi connectivity index (χ0) is 74.8. The monoisotopic (exact) mass is 1430 g/mol. The van der Waals surface area contributed by atoms with Crippen molar-refractivity contribution >= 4 is 77.7 Å². The predicted molar refractivity (Wildman–Crippen MR) is 472 cm³/mol. The molecule has 21 rings (SSSR count). The third-order valence-electron chi connectivity index (χ3n) is 24.1. The predicted octanol–water partition coefficient (Wildman–Crippen LogP) is 29.4. The number of para-hydroxylation sites is 3. The topological polar surface area (TPSA) is 16.3 Å². The van der Waals surface area contributed by atoms with E-state index in [-0.39, 0.29) is 10.8 Å². The first kappa shape index (κ1) is 66.2. The molecule has 4 heteroatoms. The molecular weight excluding hydrogens is 1350 g/mol. The molecule has 17 aromatic carbocycles. The van der Waals surface area contributed by atoms with Crippen LogP contribution in [0.3, 0.4) is 0 Å². The van der Waals surface area contributed by atoms with Gasteiger partial charge in [0.15, 0.2) is 0 Å². The third kappa shape index (κ3) is 11.0. The Kier molecular flexibility index (Phi) is 15.6. The fourth-order valence-electron chi connectivity index (χ4n) is 18.4. The minimum absolute atomic E-state index is 0.158. The highest BCUT2D eigenvalue weighted by Gasteiger charge is 2.38. The number of hydrogen-bond donors (Lipinski definition) is 0. The molecular formula is C108H78N4. The van der Waals surface area contributed by atoms with Gasteiger partial charge in [0.05, 0.1) is 22.1 Å². The highest BCUT2D eigenvalue weighted by atomic mass is 15.1. The van der Waals surface area contributed by atoms with E-state index in [4.69, 9.17) is 0 Å². The summed E-state index contributed by atoms with van der Waals surface area (Å²) >= 11 is 0. The maximum Gasteiger partial charge on any atom is 0.0541 e. The molecule has 0 aliphatic heterocycles. The van der Waals surface area contributed by atoms with E-state index in [0.29, 0.717) is 0 Å². The van der Waals surface area contributed by atoms with Crippen LogP contribution < -0.4 is 9.80 Å². The molecule has 0 atom stereocenters. The van der Waals surface area contributed by atoms with Crippen molar-refractivity contribution in [3.63, 3.8) is 0 Å². The Morgan fingerprint density at radius 2 is 0.455 bits per heavy atom. The van der Waals surface area contributed by atoms with Crippen LogP contribution in [0.2, 0.25) is 0 Å². The SMILES string of the molecule is CC1(C)c2ccccc2-c2ccc(N(c3ccc(-c4cccc(-c5ccc6c(c5)C(C)(C)c5cc(N(c7ccc(-c8ccccc8)cc7)c7ccc(-c8ccc9c(c8)c8cc(-c%10ccccc%10)ccc8n9-c8ccccc8)cc7)ccc5-6)c4)cc3)c3ccc(-c4ccc5c(c4)c4ccccc4n5-c4ccccc4)cc3)cc21. The molecule has 0 spiro atoms. The Balaban J connectivity index is 0.592. The summed E-state index contributed by atoms with van der Waals surface area (Å²) in [5, 5.41) is 4.94. The van der Waals surface area contributed by atoms with E-state index in [1.54, 1.807) is 0 Å². The number of aromatic nitrogens is 2. The maximum atomic E-state index is 2.46. The maximum absolute atomic E-state index is 2.46. The van der Waals surface area contributed by atoms with Crippen LogP contribution in [-0.2, 0) is 10.8 Å². The Morgan fingerprint density at radius 3 is 0.920 bits per heavy atom. The highest BCUT2D eigenvalue weighted by Crippen LogP contribution is 2.54. The summed E-state index contributed by atoms with van der Waals surface area (Å²) in [4.78, 5) is 4.86. The first-order valence-electron chi connectivity index (χ1n) is 39.0. The van der Waals surface area contributed by atoms with Crippen molar-refractivity contribution in [2.45, 2.75) is 38.5 Å². The number of anilines is 6. The van der Waals surface area contributed by atoms with Gasteiger partial charge in [-0.15, -0.1) is 0 Å². The quantitative estimate of drug-likeness (QED) is 0.108. The molecule has 0 unspecified atom stereocenters. The third-order valence-corrected chi connectivity index (χ3v) is 24.1. The Bertz CT molecular complexity index is 6870. The number of rotatable bonds is 14. The summed E-state index contributed by atoms with van der Waals surface area (Å²) < 4.78 is 4.78. The molecule has 4 nitrogen and oxygen atoms in total. The van der Waals surface area contributed by atoms with Crippen LogP contribution in [0.5, 0.6) is 0 Å². The van der Waals surface area contributed by atoms with Gasteiger partial charge >= 0.3 is 0 Å². The lowest BCUT2D eigenvalue weighted by atomic mass is 9.81. The van der Waals surface area contributed by atoms with E-state index in [1.165, 1.54) is 144 Å². The number of fused-ring (bicyclic) bond motifs is 12. The summed E-state index contributed by atoms with van der Waals surface area (Å²) in [5.74, 6) is 0. The summed E-state index contributed by atoms with van der Waals surface area (Å²) in [6.07, 6.45) is 0. The van der Waals surface area contributed by atoms with Crippen LogP contribution in [0.15, 0.2) is 400 Å². The van der Waals surface area contributed by atoms with Gasteiger partial charge in [0.1, 0.15) is 0 Å². The zero-order valence-corrected chi connectivity index (χ0v) is 62.9. The standard InChI is InChI=1S/C108H78N4/c1-107(2)99-34-19-17-32-91(99)93-59-56-89(69-101(93)107)110(88-52-40-75(41-53-88)80-46-61-104-96(65-80)95-33-18-20-35-103(95)111(104)83-28-13-7-14-29-83)86-50-38-74(39-51-86)77-26-21-27-78(64-77)82-44-58-92-94-60-57-90(70-102(94)108(3,4)100(92)68-82)109(85-48-36-73(37-49-85)71-22-9-5-10-23-71)87-54-42-76(43-55-87)81-47-63-106-98(67-81)97-66-79(72-24-11-6-12-25-72)45-62-105(97)112(106)84-30-15-8-16-31-84/h5-70H,1-4H3. The fourth-order valence-corrected chi connectivity index (χ4v) is 18.4. The molecule has 2 aliphatic rings. The van der Waals surface area contributed by atoms with Crippen LogP contribution in [0, 0.1) is 0 Å². The normalized spacial score (nSPS) is 13.0. The Morgan fingerprint density at radius 1 is 0.179 bits per heavy atom. The van der Waals surface area contributed by atoms with Crippen molar-refractivity contribution < 1.29 is 0 Å². The molecule has 2 heterocycles. The molecule has 0 N–H and O–H groups in total. The van der Waals surface area contributed by atoms with Gasteiger partial charge in [0.25, 0.3) is 0 Å². The van der Waals surface area contributed by atoms with E-state index < -0.39 is 0 Å². The lowest BCUT2D eigenvalue weighted by Crippen LogP contribution is -2.16. The molecule has 2 aromatic heterocycles. The van der Waals surface area contributed by atoms with Crippen molar-refractivity contribution in [3.8, 4) is 100 Å². The van der Waals surface area contributed by atoms with Crippen LogP contribution in [-0.4, -0.2) is 9.13 Å². The summed E-state index contributed by atoms with van der Waals surface area (Å²) in [7, 11) is 0. The second kappa shape index (κ2) is 26.4. The molecule has 530 valence electrons. The van der Waals surface area contributed by atoms with Crippen molar-refractivity contribution in [1.29, 1.82) is 0 Å². The van der Waals surface area contributed by atoms with Gasteiger partial charge in [-0.1, -0.05) is 276 Å². The van der Waals surface area contributed by atoms with E-state index in [9.17, 15) is 0 Å². The number of hydrogen-bond acceptors (Lipinski definition) is 2. The molecule has 0 fully saturated rings. The molecule has 0 amide bonds. The molecule has 0 saturated heterocycles. The van der Waals surface area contributed by atoms with Gasteiger partial charge in [-0.2, -0.15) is 0 Å². The van der Waals surface area contributed by atoms with E-state index in [2.05, 4.69) is 447 Å². The smallest absolute Gasteiger partial charge is 0.0541 e. The van der Waals surface area contributed by atoms with Gasteiger partial charge in [-0.3, -0.25) is 0 Å². The fraction of sp³-hybridized carbons (Fsp3) is 0.0556. The molecule has 0 bridgehead atoms. The molecule has 0 saturated carbocycles. The van der Waals surface area contributed by atoms with Crippen molar-refractivity contribution in [1.82, 2.24) is 9.13 Å². The zero-order valence-electron chi connectivity index (χ0n) is 62.9. The number of benzene rings is 17. The summed E-state index contributed by atoms with van der Waals surface area (Å²) in [5.41, 5.74) is 38.0. The number of nitrogens with zero attached hydrogens (tertiary/aromatic N) is 4. The Labute approximate surface area is 653 Å². The summed E-state index contributed by atoms with van der Waals surface area (Å²) in [6.45, 7) is 9.54. The first-order valence-corrected chi connectivity index (χ1v) is 39.0. The largest absolute Gasteiger partial charge is 0.310 e. The van der Waals surface area contributed by atoms with Gasteiger partial charge in [0, 0.05) is 77.9 Å². The van der Waals surface area contributed by atoms with Crippen LogP contribution in [0.1, 0.15) is 49.9 Å². The van der Waals surface area contributed by atoms with E-state index in [1.807, 2.05) is 0 Å². The van der Waals surface area contributed by atoms with Crippen molar-refractivity contribution in [2.24, 2.45) is 0 Å². The van der Waals surface area contributed by atoms with E-state index >= 15 is 0 Å². The van der Waals surface area contributed by atoms with Gasteiger partial charge in [-0.25, -0.2) is 0 Å². The minimum atomic E-state index is -0.300. The minimum Gasteiger partial charge on any atom is -0.310 e. The lowest BCUT2D eigenvalue weighted by molar-refractivity contribution is 0.660. The first-order chi connectivity index (χ1) is 55.0. The Hall–Kier alpha value is -14.1. The molecule has 2 aliphatic carbocycles. The molecule has 19 aromatic rings. The second-order valence-corrected chi connectivity index (χ2v) is 31.2. The van der Waals surface area contributed by atoms with Crippen LogP contribution in [0.4, 0.5) is 34.1 Å². The molecule has 112 heavy (non-hydrogen) atoms. The van der Waals surface area contributed by atoms with E-state index in [0.717, 1.165) is 56.6 Å². The summed E-state index contributed by atoms with van der Waals surface area (Å²) in [6, 6.07) is 148. The van der Waals surface area contributed by atoms with Crippen LogP contribution >= 0.6 is 0 Å². The lowest BCUT2D eigenvalue weighted by Gasteiger charge is -2.28. The second-order valence-electron chi connectivity index (χ2n) is 31.2. The van der Waals surface area contributed by atoms with Crippen molar-refractivity contribution in [2.75, 3.05) is 9.80 Å². The van der Waals surface area contributed by atoms with Gasteiger partial charge in [0.2, 0.25) is 0 Å². The van der Waals surface area contributed by atoms with Crippen molar-refractivity contribution in [3.05, 3.63) is 423 Å². The average Bonchev–Trinajstić information content (AvgIpc) is 1.58. The van der Waals surface area contributed by atoms with Gasteiger partial charge in [-0.05, 0) is 263 Å². The van der Waals surface area contributed by atoms with Crippen LogP contribution in [0.25, 0.3) is 144 Å². The molecule has 0 radical (unpaired) electrons. The average molecular weight is 1430 g/mol. The van der Waals surface area contributed by atoms with Gasteiger partial charge < -0.3 is 18.9 Å².